The van der Waals surface area contributed by atoms with Crippen LogP contribution in [0.4, 0.5) is 0 Å². The number of hydrogen-bond acceptors (Lipinski definition) is 3. The minimum absolute atomic E-state index is 0.0683. The van der Waals surface area contributed by atoms with Crippen LogP contribution in [0.3, 0.4) is 0 Å². The summed E-state index contributed by atoms with van der Waals surface area (Å²) in [6, 6.07) is 9.16. The summed E-state index contributed by atoms with van der Waals surface area (Å²) in [4.78, 5) is 3.99. The molecule has 0 amide bonds. The number of para-hydroxylation sites is 1. The second-order valence-electron chi connectivity index (χ2n) is 2.65. The van der Waals surface area contributed by atoms with Gasteiger partial charge < -0.3 is 5.11 Å². The molecule has 0 aliphatic carbocycles. The number of nitrogens with zero attached hydrogens (tertiary/aromatic N) is 2. The maximum absolute atomic E-state index is 9.32. The van der Waals surface area contributed by atoms with Gasteiger partial charge in [0.25, 0.3) is 0 Å². The molecule has 2 aromatic rings. The van der Waals surface area contributed by atoms with E-state index in [0.717, 1.165) is 5.52 Å². The second-order valence-corrected chi connectivity index (χ2v) is 2.65. The van der Waals surface area contributed by atoms with Crippen molar-refractivity contribution in [1.29, 1.82) is 5.26 Å². The van der Waals surface area contributed by atoms with Crippen LogP contribution in [0.15, 0.2) is 30.5 Å². The van der Waals surface area contributed by atoms with E-state index < -0.39 is 0 Å². The summed E-state index contributed by atoms with van der Waals surface area (Å²) in [6.45, 7) is 0. The minimum Gasteiger partial charge on any atom is -0.505 e. The van der Waals surface area contributed by atoms with Crippen molar-refractivity contribution in [3.63, 3.8) is 0 Å². The van der Waals surface area contributed by atoms with Gasteiger partial charge in [-0.05, 0) is 6.07 Å². The first-order valence-corrected chi connectivity index (χ1v) is 3.80. The molecule has 0 fully saturated rings. The third-order valence-electron chi connectivity index (χ3n) is 1.87. The second kappa shape index (κ2) is 2.76. The Morgan fingerprint density at radius 2 is 2.08 bits per heavy atom. The average Bonchev–Trinajstić information content (AvgIpc) is 2.18. The van der Waals surface area contributed by atoms with Crippen molar-refractivity contribution in [2.75, 3.05) is 0 Å². The number of pyridine rings is 1. The van der Waals surface area contributed by atoms with Crippen LogP contribution >= 0.6 is 0 Å². The van der Waals surface area contributed by atoms with E-state index in [1.54, 1.807) is 12.1 Å². The SMILES string of the molecule is N#Cc1c(O)cnc2ccccc12. The molecule has 0 saturated carbocycles. The molecule has 0 radical (unpaired) electrons. The maximum atomic E-state index is 9.32. The summed E-state index contributed by atoms with van der Waals surface area (Å²) in [5.74, 6) is -0.0683. The molecular weight excluding hydrogens is 164 g/mol. The molecule has 0 bridgehead atoms. The summed E-state index contributed by atoms with van der Waals surface area (Å²) < 4.78 is 0. The molecule has 3 heteroatoms. The minimum atomic E-state index is -0.0683. The van der Waals surface area contributed by atoms with Crippen molar-refractivity contribution in [2.24, 2.45) is 0 Å². The van der Waals surface area contributed by atoms with Gasteiger partial charge in [0.05, 0.1) is 11.7 Å². The van der Waals surface area contributed by atoms with E-state index in [1.165, 1.54) is 6.20 Å². The van der Waals surface area contributed by atoms with E-state index in [2.05, 4.69) is 4.98 Å². The van der Waals surface area contributed by atoms with Gasteiger partial charge in [-0.25, -0.2) is 0 Å². The Labute approximate surface area is 74.9 Å². The first kappa shape index (κ1) is 7.56. The number of aromatic nitrogens is 1. The number of hydrogen-bond donors (Lipinski definition) is 1. The zero-order valence-electron chi connectivity index (χ0n) is 6.73. The molecule has 1 aromatic carbocycles. The summed E-state index contributed by atoms with van der Waals surface area (Å²) in [7, 11) is 0. The molecule has 0 unspecified atom stereocenters. The van der Waals surface area contributed by atoms with Crippen LogP contribution in [0.5, 0.6) is 5.75 Å². The molecule has 1 aromatic heterocycles. The molecule has 1 N–H and O–H groups in total. The number of benzene rings is 1. The lowest BCUT2D eigenvalue weighted by molar-refractivity contribution is 0.472. The van der Waals surface area contributed by atoms with Gasteiger partial charge in [-0.3, -0.25) is 4.98 Å². The summed E-state index contributed by atoms with van der Waals surface area (Å²) in [5, 5.41) is 18.8. The molecule has 0 spiro atoms. The number of fused-ring (bicyclic) bond motifs is 1. The monoisotopic (exact) mass is 170 g/mol. The quantitative estimate of drug-likeness (QED) is 0.656. The molecule has 0 aliphatic rings. The normalized spacial score (nSPS) is 9.77. The smallest absolute Gasteiger partial charge is 0.152 e. The van der Waals surface area contributed by atoms with Gasteiger partial charge in [0.1, 0.15) is 11.6 Å². The number of nitriles is 1. The lowest BCUT2D eigenvalue weighted by atomic mass is 10.1. The van der Waals surface area contributed by atoms with Crippen LogP contribution in [0, 0.1) is 11.3 Å². The highest BCUT2D eigenvalue weighted by atomic mass is 16.3. The van der Waals surface area contributed by atoms with Gasteiger partial charge in [-0.1, -0.05) is 18.2 Å². The van der Waals surface area contributed by atoms with Crippen molar-refractivity contribution in [1.82, 2.24) is 4.98 Å². The lowest BCUT2D eigenvalue weighted by Gasteiger charge is -1.99. The first-order valence-electron chi connectivity index (χ1n) is 3.80. The maximum Gasteiger partial charge on any atom is 0.152 e. The van der Waals surface area contributed by atoms with Crippen LogP contribution in [-0.2, 0) is 0 Å². The zero-order chi connectivity index (χ0) is 9.26. The molecule has 62 valence electrons. The standard InChI is InChI=1S/C10H6N2O/c11-5-8-7-3-1-2-4-9(7)12-6-10(8)13/h1-4,6,13H. The predicted octanol–water partition coefficient (Wildman–Crippen LogP) is 1.81. The van der Waals surface area contributed by atoms with Crippen molar-refractivity contribution >= 4 is 10.9 Å². The fourth-order valence-corrected chi connectivity index (χ4v) is 1.25. The van der Waals surface area contributed by atoms with E-state index in [1.807, 2.05) is 18.2 Å². The Kier molecular flexibility index (Phi) is 1.60. The van der Waals surface area contributed by atoms with Crippen LogP contribution < -0.4 is 0 Å². The zero-order valence-corrected chi connectivity index (χ0v) is 6.73. The van der Waals surface area contributed by atoms with Crippen LogP contribution in [-0.4, -0.2) is 10.1 Å². The molecular formula is C10H6N2O. The summed E-state index contributed by atoms with van der Waals surface area (Å²) in [6.07, 6.45) is 1.29. The van der Waals surface area contributed by atoms with E-state index in [9.17, 15) is 5.11 Å². The highest BCUT2D eigenvalue weighted by Crippen LogP contribution is 2.23. The Morgan fingerprint density at radius 3 is 2.85 bits per heavy atom. The van der Waals surface area contributed by atoms with Crippen molar-refractivity contribution < 1.29 is 5.11 Å². The topological polar surface area (TPSA) is 56.9 Å². The fraction of sp³-hybridized carbons (Fsp3) is 0. The van der Waals surface area contributed by atoms with E-state index in [0.29, 0.717) is 5.39 Å². The molecule has 13 heavy (non-hydrogen) atoms. The third kappa shape index (κ3) is 1.09. The third-order valence-corrected chi connectivity index (χ3v) is 1.87. The predicted molar refractivity (Wildman–Crippen MR) is 48.1 cm³/mol. The fourth-order valence-electron chi connectivity index (χ4n) is 1.25. The largest absolute Gasteiger partial charge is 0.505 e. The van der Waals surface area contributed by atoms with Gasteiger partial charge in [0.15, 0.2) is 5.75 Å². The Bertz CT molecular complexity index is 500. The Morgan fingerprint density at radius 1 is 1.31 bits per heavy atom. The lowest BCUT2D eigenvalue weighted by Crippen LogP contribution is -1.83. The van der Waals surface area contributed by atoms with E-state index in [-0.39, 0.29) is 11.3 Å². The van der Waals surface area contributed by atoms with Crippen LogP contribution in [0.1, 0.15) is 5.56 Å². The molecule has 3 nitrogen and oxygen atoms in total. The highest BCUT2D eigenvalue weighted by Gasteiger charge is 2.05. The van der Waals surface area contributed by atoms with E-state index >= 15 is 0 Å². The summed E-state index contributed by atoms with van der Waals surface area (Å²) >= 11 is 0. The van der Waals surface area contributed by atoms with Crippen molar-refractivity contribution in [2.45, 2.75) is 0 Å². The molecule has 0 saturated heterocycles. The molecule has 2 rings (SSSR count). The molecule has 0 aliphatic heterocycles. The van der Waals surface area contributed by atoms with Gasteiger partial charge in [0, 0.05) is 5.39 Å². The number of aromatic hydroxyl groups is 1. The van der Waals surface area contributed by atoms with Crippen molar-refractivity contribution in [3.8, 4) is 11.8 Å². The highest BCUT2D eigenvalue weighted by molar-refractivity contribution is 5.86. The van der Waals surface area contributed by atoms with Crippen LogP contribution in [0.25, 0.3) is 10.9 Å². The van der Waals surface area contributed by atoms with Gasteiger partial charge >= 0.3 is 0 Å². The van der Waals surface area contributed by atoms with Gasteiger partial charge in [-0.2, -0.15) is 5.26 Å². The van der Waals surface area contributed by atoms with Crippen LogP contribution in [0.2, 0.25) is 0 Å². The molecule has 0 atom stereocenters. The van der Waals surface area contributed by atoms with E-state index in [4.69, 9.17) is 5.26 Å². The van der Waals surface area contributed by atoms with Gasteiger partial charge in [-0.15, -0.1) is 0 Å². The van der Waals surface area contributed by atoms with Gasteiger partial charge in [0.2, 0.25) is 0 Å². The van der Waals surface area contributed by atoms with Crippen molar-refractivity contribution in [3.05, 3.63) is 36.0 Å². The summed E-state index contributed by atoms with van der Waals surface area (Å²) in [5.41, 5.74) is 1.00. The molecule has 1 heterocycles. The Balaban J connectivity index is 2.94. The Hall–Kier alpha value is -2.08. The first-order chi connectivity index (χ1) is 6.33. The average molecular weight is 170 g/mol. The number of rotatable bonds is 0.